The molecule has 0 spiro atoms. The Balaban J connectivity index is 1.93. The Morgan fingerprint density at radius 1 is 1.48 bits per heavy atom. The molecule has 1 aliphatic heterocycles. The van der Waals surface area contributed by atoms with Crippen molar-refractivity contribution in [3.05, 3.63) is 29.5 Å². The van der Waals surface area contributed by atoms with Gasteiger partial charge in [-0.2, -0.15) is 5.10 Å². The summed E-state index contributed by atoms with van der Waals surface area (Å²) in [5, 5.41) is 16.7. The predicted molar refractivity (Wildman–Crippen MR) is 74.1 cm³/mol. The van der Waals surface area contributed by atoms with E-state index in [-0.39, 0.29) is 19.1 Å². The molecule has 0 aliphatic carbocycles. The molecular weight excluding hydrogens is 274 g/mol. The van der Waals surface area contributed by atoms with Gasteiger partial charge in [0.05, 0.1) is 30.4 Å². The van der Waals surface area contributed by atoms with Crippen molar-refractivity contribution in [2.75, 3.05) is 19.7 Å². The lowest BCUT2D eigenvalue weighted by Gasteiger charge is -2.31. The summed E-state index contributed by atoms with van der Waals surface area (Å²) >= 11 is 0. The summed E-state index contributed by atoms with van der Waals surface area (Å²) < 4.78 is 5.14. The van der Waals surface area contributed by atoms with Gasteiger partial charge in [0.2, 0.25) is 0 Å². The number of carbonyl (C=O) groups excluding carboxylic acids is 1. The van der Waals surface area contributed by atoms with E-state index in [0.29, 0.717) is 17.6 Å². The van der Waals surface area contributed by atoms with Gasteiger partial charge in [-0.05, 0) is 24.6 Å². The summed E-state index contributed by atoms with van der Waals surface area (Å²) in [6.07, 6.45) is 0.697. The highest BCUT2D eigenvalue weighted by molar-refractivity contribution is 6.05. The maximum absolute atomic E-state index is 12.7. The third-order valence-corrected chi connectivity index (χ3v) is 3.55. The molecule has 1 aliphatic rings. The monoisotopic (exact) mass is 289 g/mol. The van der Waals surface area contributed by atoms with E-state index in [1.54, 1.807) is 12.3 Å². The number of amides is 1. The van der Waals surface area contributed by atoms with E-state index < -0.39 is 12.1 Å². The maximum atomic E-state index is 12.7. The van der Waals surface area contributed by atoms with E-state index in [1.807, 2.05) is 13.0 Å². The van der Waals surface area contributed by atoms with Crippen LogP contribution in [-0.4, -0.2) is 57.9 Å². The normalized spacial score (nSPS) is 18.9. The molecule has 2 N–H and O–H groups in total. The molecule has 3 rings (SSSR count). The second-order valence-electron chi connectivity index (χ2n) is 5.10. The third-order valence-electron chi connectivity index (χ3n) is 3.55. The van der Waals surface area contributed by atoms with Gasteiger partial charge in [-0.15, -0.1) is 0 Å². The molecular formula is C14H15N3O4. The number of benzene rings is 1. The number of aryl methyl sites for hydroxylation is 1. The van der Waals surface area contributed by atoms with E-state index in [9.17, 15) is 9.59 Å². The minimum atomic E-state index is -1.05. The first kappa shape index (κ1) is 13.6. The van der Waals surface area contributed by atoms with E-state index in [4.69, 9.17) is 9.84 Å². The fourth-order valence-electron chi connectivity index (χ4n) is 2.53. The summed E-state index contributed by atoms with van der Waals surface area (Å²) in [6.45, 7) is 2.56. The SMILES string of the molecule is Cc1cc(C(=O)N2CCOC(C(=O)O)C2)c2[nH]ncc2c1. The van der Waals surface area contributed by atoms with Gasteiger partial charge in [0, 0.05) is 11.9 Å². The molecule has 0 saturated carbocycles. The lowest BCUT2D eigenvalue weighted by atomic mass is 10.1. The van der Waals surface area contributed by atoms with Gasteiger partial charge in [0.25, 0.3) is 5.91 Å². The number of nitrogens with one attached hydrogen (secondary N) is 1. The standard InChI is InChI=1S/C14H15N3O4/c1-8-4-9-6-15-16-12(9)10(5-8)13(18)17-2-3-21-11(7-17)14(19)20/h4-6,11H,2-3,7H2,1H3,(H,15,16)(H,19,20). The molecule has 7 nitrogen and oxygen atoms in total. The van der Waals surface area contributed by atoms with Crippen LogP contribution in [0.15, 0.2) is 18.3 Å². The second-order valence-corrected chi connectivity index (χ2v) is 5.10. The number of aliphatic carboxylic acids is 1. The molecule has 1 amide bonds. The van der Waals surface area contributed by atoms with Crippen LogP contribution in [0.4, 0.5) is 0 Å². The Morgan fingerprint density at radius 3 is 3.05 bits per heavy atom. The Labute approximate surface area is 120 Å². The molecule has 2 heterocycles. The Morgan fingerprint density at radius 2 is 2.29 bits per heavy atom. The number of hydrogen-bond donors (Lipinski definition) is 2. The lowest BCUT2D eigenvalue weighted by molar-refractivity contribution is -0.154. The van der Waals surface area contributed by atoms with Gasteiger partial charge in [0.1, 0.15) is 0 Å². The Kier molecular flexibility index (Phi) is 3.34. The number of carbonyl (C=O) groups is 2. The van der Waals surface area contributed by atoms with Crippen LogP contribution in [0.3, 0.4) is 0 Å². The van der Waals surface area contributed by atoms with E-state index >= 15 is 0 Å². The third kappa shape index (κ3) is 2.47. The average Bonchev–Trinajstić information content (AvgIpc) is 2.93. The topological polar surface area (TPSA) is 95.5 Å². The zero-order chi connectivity index (χ0) is 15.0. The number of ether oxygens (including phenoxy) is 1. The number of carboxylic acid groups (broad SMARTS) is 1. The minimum Gasteiger partial charge on any atom is -0.479 e. The van der Waals surface area contributed by atoms with Crippen LogP contribution >= 0.6 is 0 Å². The van der Waals surface area contributed by atoms with Gasteiger partial charge < -0.3 is 14.7 Å². The highest BCUT2D eigenvalue weighted by Crippen LogP contribution is 2.21. The molecule has 1 fully saturated rings. The molecule has 2 aromatic rings. The number of H-pyrrole nitrogens is 1. The highest BCUT2D eigenvalue weighted by atomic mass is 16.5. The van der Waals surface area contributed by atoms with Crippen LogP contribution in [0.2, 0.25) is 0 Å². The van der Waals surface area contributed by atoms with Crippen LogP contribution in [0, 0.1) is 6.92 Å². The van der Waals surface area contributed by atoms with Crippen molar-refractivity contribution < 1.29 is 19.4 Å². The van der Waals surface area contributed by atoms with Gasteiger partial charge in [0.15, 0.2) is 6.10 Å². The van der Waals surface area contributed by atoms with Gasteiger partial charge in [-0.1, -0.05) is 0 Å². The molecule has 1 atom stereocenters. The number of aromatic amines is 1. The molecule has 1 unspecified atom stereocenters. The summed E-state index contributed by atoms with van der Waals surface area (Å²) in [4.78, 5) is 25.2. The molecule has 0 bridgehead atoms. The summed E-state index contributed by atoms with van der Waals surface area (Å²) in [5.74, 6) is -1.26. The lowest BCUT2D eigenvalue weighted by Crippen LogP contribution is -2.48. The van der Waals surface area contributed by atoms with Crippen LogP contribution in [0.5, 0.6) is 0 Å². The van der Waals surface area contributed by atoms with Crippen molar-refractivity contribution in [1.29, 1.82) is 0 Å². The van der Waals surface area contributed by atoms with Crippen molar-refractivity contribution in [3.63, 3.8) is 0 Å². The van der Waals surface area contributed by atoms with Gasteiger partial charge >= 0.3 is 5.97 Å². The summed E-state index contributed by atoms with van der Waals surface area (Å²) in [5.41, 5.74) is 2.13. The van der Waals surface area contributed by atoms with E-state index in [2.05, 4.69) is 10.2 Å². The van der Waals surface area contributed by atoms with E-state index in [1.165, 1.54) is 4.90 Å². The van der Waals surface area contributed by atoms with Crippen molar-refractivity contribution >= 4 is 22.8 Å². The first-order chi connectivity index (χ1) is 10.1. The van der Waals surface area contributed by atoms with Gasteiger partial charge in [-0.3, -0.25) is 9.89 Å². The zero-order valence-electron chi connectivity index (χ0n) is 11.5. The summed E-state index contributed by atoms with van der Waals surface area (Å²) in [7, 11) is 0. The van der Waals surface area contributed by atoms with Crippen LogP contribution in [0.1, 0.15) is 15.9 Å². The predicted octanol–water partition coefficient (Wildman–Crippen LogP) is 0.797. The van der Waals surface area contributed by atoms with Crippen LogP contribution in [-0.2, 0) is 9.53 Å². The number of fused-ring (bicyclic) bond motifs is 1. The number of hydrogen-bond acceptors (Lipinski definition) is 4. The molecule has 0 radical (unpaired) electrons. The van der Waals surface area contributed by atoms with E-state index in [0.717, 1.165) is 10.9 Å². The first-order valence-electron chi connectivity index (χ1n) is 6.63. The summed E-state index contributed by atoms with van der Waals surface area (Å²) in [6, 6.07) is 3.73. The maximum Gasteiger partial charge on any atom is 0.334 e. The van der Waals surface area contributed by atoms with Crippen molar-refractivity contribution in [2.24, 2.45) is 0 Å². The molecule has 1 aromatic heterocycles. The first-order valence-corrected chi connectivity index (χ1v) is 6.63. The fraction of sp³-hybridized carbons (Fsp3) is 0.357. The van der Waals surface area contributed by atoms with Crippen LogP contribution in [0.25, 0.3) is 10.9 Å². The quantitative estimate of drug-likeness (QED) is 0.852. The highest BCUT2D eigenvalue weighted by Gasteiger charge is 2.30. The molecule has 21 heavy (non-hydrogen) atoms. The number of rotatable bonds is 2. The average molecular weight is 289 g/mol. The molecule has 110 valence electrons. The molecule has 1 saturated heterocycles. The van der Waals surface area contributed by atoms with Crippen molar-refractivity contribution in [1.82, 2.24) is 15.1 Å². The van der Waals surface area contributed by atoms with Crippen molar-refractivity contribution in [2.45, 2.75) is 13.0 Å². The zero-order valence-corrected chi connectivity index (χ0v) is 11.5. The largest absolute Gasteiger partial charge is 0.479 e. The van der Waals surface area contributed by atoms with Crippen molar-refractivity contribution in [3.8, 4) is 0 Å². The number of nitrogens with zero attached hydrogens (tertiary/aromatic N) is 2. The molecule has 7 heteroatoms. The Hall–Kier alpha value is -2.41. The van der Waals surface area contributed by atoms with Crippen LogP contribution < -0.4 is 0 Å². The number of aromatic nitrogens is 2. The Bertz CT molecular complexity index is 709. The number of carboxylic acids is 1. The minimum absolute atomic E-state index is 0.0533. The molecule has 1 aromatic carbocycles. The number of morpholine rings is 1. The fourth-order valence-corrected chi connectivity index (χ4v) is 2.53. The van der Waals surface area contributed by atoms with Gasteiger partial charge in [-0.25, -0.2) is 4.79 Å². The second kappa shape index (κ2) is 5.17. The smallest absolute Gasteiger partial charge is 0.334 e.